The molecular weight excluding hydrogens is 204 g/mol. The van der Waals surface area contributed by atoms with Gasteiger partial charge in [0.05, 0.1) is 6.42 Å². The highest BCUT2D eigenvalue weighted by molar-refractivity contribution is 5.96. The van der Waals surface area contributed by atoms with Gasteiger partial charge < -0.3 is 0 Å². The number of hydrogen-bond donors (Lipinski definition) is 0. The summed E-state index contributed by atoms with van der Waals surface area (Å²) < 4.78 is 0. The summed E-state index contributed by atoms with van der Waals surface area (Å²) in [5.41, 5.74) is 0. The zero-order chi connectivity index (χ0) is 13.0. The maximum absolute atomic E-state index is 10.7. The number of carbonyl (C=O) groups is 3. The van der Waals surface area contributed by atoms with Crippen LogP contribution >= 0.6 is 0 Å². The second kappa shape index (κ2) is 12.1. The standard InChI is InChI=1S/C8H16O.C5H8O2/c1-3-5-6-7-8(9)4-2;1-4(6)3-5(2)7/h3-7H2,1-2H3;3H2,1-2H3. The van der Waals surface area contributed by atoms with Gasteiger partial charge in [-0.25, -0.2) is 0 Å². The van der Waals surface area contributed by atoms with Crippen LogP contribution in [0, 0.1) is 0 Å². The number of Topliss-reactive ketones (excluding diaryl/α,β-unsaturated/α-hetero) is 3. The molecule has 0 aliphatic rings. The average Bonchev–Trinajstić information content (AvgIpc) is 2.16. The molecule has 0 aromatic heterocycles. The van der Waals surface area contributed by atoms with E-state index in [0.29, 0.717) is 12.2 Å². The molecule has 0 saturated carbocycles. The molecule has 0 radical (unpaired) electrons. The molecule has 0 bridgehead atoms. The van der Waals surface area contributed by atoms with Crippen LogP contribution < -0.4 is 0 Å². The van der Waals surface area contributed by atoms with Gasteiger partial charge in [-0.15, -0.1) is 0 Å². The van der Waals surface area contributed by atoms with Gasteiger partial charge in [0.15, 0.2) is 0 Å². The van der Waals surface area contributed by atoms with Gasteiger partial charge in [0.25, 0.3) is 0 Å². The Bertz CT molecular complexity index is 207. The van der Waals surface area contributed by atoms with Crippen LogP contribution in [0.15, 0.2) is 0 Å². The molecule has 16 heavy (non-hydrogen) atoms. The Balaban J connectivity index is 0. The van der Waals surface area contributed by atoms with Crippen molar-refractivity contribution in [3.8, 4) is 0 Å². The summed E-state index contributed by atoms with van der Waals surface area (Å²) in [6.45, 7) is 6.88. The Morgan fingerprint density at radius 1 is 0.875 bits per heavy atom. The first-order valence-electron chi connectivity index (χ1n) is 5.94. The lowest BCUT2D eigenvalue weighted by Gasteiger charge is -1.93. The van der Waals surface area contributed by atoms with Gasteiger partial charge in [0.1, 0.15) is 17.3 Å². The largest absolute Gasteiger partial charge is 0.300 e. The van der Waals surface area contributed by atoms with Crippen molar-refractivity contribution in [1.29, 1.82) is 0 Å². The van der Waals surface area contributed by atoms with Crippen LogP contribution in [0.2, 0.25) is 0 Å². The quantitative estimate of drug-likeness (QED) is 0.497. The minimum absolute atomic E-state index is 0.0625. The Morgan fingerprint density at radius 2 is 1.38 bits per heavy atom. The third kappa shape index (κ3) is 18.7. The van der Waals surface area contributed by atoms with Crippen molar-refractivity contribution < 1.29 is 14.4 Å². The van der Waals surface area contributed by atoms with Crippen molar-refractivity contribution in [2.24, 2.45) is 0 Å². The smallest absolute Gasteiger partial charge is 0.137 e. The van der Waals surface area contributed by atoms with Crippen LogP contribution in [0.5, 0.6) is 0 Å². The average molecular weight is 228 g/mol. The lowest BCUT2D eigenvalue weighted by Crippen LogP contribution is -1.97. The fourth-order valence-corrected chi connectivity index (χ4v) is 1.10. The molecule has 0 unspecified atom stereocenters. The second-order valence-corrected chi connectivity index (χ2v) is 3.93. The summed E-state index contributed by atoms with van der Waals surface area (Å²) in [5.74, 6) is 0.281. The lowest BCUT2D eigenvalue weighted by atomic mass is 10.1. The molecule has 0 N–H and O–H groups in total. The minimum atomic E-state index is -0.0625. The summed E-state index contributed by atoms with van der Waals surface area (Å²) in [6.07, 6.45) is 5.08. The normalized spacial score (nSPS) is 9.00. The minimum Gasteiger partial charge on any atom is -0.300 e. The van der Waals surface area contributed by atoms with Gasteiger partial charge in [-0.05, 0) is 20.3 Å². The number of carbonyl (C=O) groups excluding carboxylic acids is 3. The van der Waals surface area contributed by atoms with E-state index in [1.807, 2.05) is 6.92 Å². The van der Waals surface area contributed by atoms with E-state index in [-0.39, 0.29) is 18.0 Å². The number of ketones is 3. The van der Waals surface area contributed by atoms with E-state index in [9.17, 15) is 14.4 Å². The fourth-order valence-electron chi connectivity index (χ4n) is 1.10. The fraction of sp³-hybridized carbons (Fsp3) is 0.769. The Morgan fingerprint density at radius 3 is 1.62 bits per heavy atom. The van der Waals surface area contributed by atoms with E-state index in [4.69, 9.17) is 0 Å². The zero-order valence-electron chi connectivity index (χ0n) is 11.0. The van der Waals surface area contributed by atoms with Crippen molar-refractivity contribution >= 4 is 17.3 Å². The van der Waals surface area contributed by atoms with Gasteiger partial charge >= 0.3 is 0 Å². The van der Waals surface area contributed by atoms with E-state index < -0.39 is 0 Å². The van der Waals surface area contributed by atoms with Crippen molar-refractivity contribution in [2.75, 3.05) is 0 Å². The van der Waals surface area contributed by atoms with E-state index >= 15 is 0 Å². The summed E-state index contributed by atoms with van der Waals surface area (Å²) in [7, 11) is 0. The van der Waals surface area contributed by atoms with E-state index in [1.165, 1.54) is 26.7 Å². The molecule has 3 nitrogen and oxygen atoms in total. The Kier molecular flexibility index (Phi) is 13.1. The van der Waals surface area contributed by atoms with Gasteiger partial charge in [0.2, 0.25) is 0 Å². The maximum Gasteiger partial charge on any atom is 0.137 e. The Labute approximate surface area is 98.6 Å². The number of unbranched alkanes of at least 4 members (excludes halogenated alkanes) is 2. The zero-order valence-corrected chi connectivity index (χ0v) is 11.0. The van der Waals surface area contributed by atoms with Gasteiger partial charge in [-0.2, -0.15) is 0 Å². The third-order valence-electron chi connectivity index (χ3n) is 1.95. The van der Waals surface area contributed by atoms with Crippen LogP contribution in [-0.2, 0) is 14.4 Å². The summed E-state index contributed by atoms with van der Waals surface area (Å²) in [4.78, 5) is 30.8. The van der Waals surface area contributed by atoms with E-state index in [0.717, 1.165) is 12.8 Å². The molecule has 0 aliphatic heterocycles. The first kappa shape index (κ1) is 17.4. The van der Waals surface area contributed by atoms with Crippen molar-refractivity contribution in [2.45, 2.75) is 66.2 Å². The van der Waals surface area contributed by atoms with E-state index in [2.05, 4.69) is 6.92 Å². The van der Waals surface area contributed by atoms with Gasteiger partial charge in [-0.1, -0.05) is 26.7 Å². The SMILES string of the molecule is CC(=O)CC(C)=O.CCCCCC(=O)CC. The predicted octanol–water partition coefficient (Wildman–Crippen LogP) is 3.10. The van der Waals surface area contributed by atoms with E-state index in [1.54, 1.807) is 0 Å². The summed E-state index contributed by atoms with van der Waals surface area (Å²) >= 11 is 0. The third-order valence-corrected chi connectivity index (χ3v) is 1.95. The molecule has 0 fully saturated rings. The molecule has 0 amide bonds. The van der Waals surface area contributed by atoms with Gasteiger partial charge in [-0.3, -0.25) is 14.4 Å². The van der Waals surface area contributed by atoms with Crippen molar-refractivity contribution in [1.82, 2.24) is 0 Å². The van der Waals surface area contributed by atoms with Crippen LogP contribution in [0.1, 0.15) is 66.2 Å². The monoisotopic (exact) mass is 228 g/mol. The first-order valence-corrected chi connectivity index (χ1v) is 5.94. The lowest BCUT2D eigenvalue weighted by molar-refractivity contribution is -0.124. The summed E-state index contributed by atoms with van der Waals surface area (Å²) in [5, 5.41) is 0. The molecule has 0 aromatic rings. The van der Waals surface area contributed by atoms with Crippen LogP contribution in [-0.4, -0.2) is 17.3 Å². The highest BCUT2D eigenvalue weighted by Gasteiger charge is 1.95. The number of rotatable bonds is 7. The number of hydrogen-bond acceptors (Lipinski definition) is 3. The molecule has 94 valence electrons. The van der Waals surface area contributed by atoms with Crippen molar-refractivity contribution in [3.05, 3.63) is 0 Å². The highest BCUT2D eigenvalue weighted by atomic mass is 16.1. The molecule has 0 atom stereocenters. The molecule has 0 heterocycles. The molecule has 3 heteroatoms. The summed E-state index contributed by atoms with van der Waals surface area (Å²) in [6, 6.07) is 0. The molecular formula is C13H24O3. The highest BCUT2D eigenvalue weighted by Crippen LogP contribution is 2.00. The molecule has 0 saturated heterocycles. The second-order valence-electron chi connectivity index (χ2n) is 3.93. The van der Waals surface area contributed by atoms with Crippen molar-refractivity contribution in [3.63, 3.8) is 0 Å². The Hall–Kier alpha value is -0.990. The van der Waals surface area contributed by atoms with Crippen LogP contribution in [0.4, 0.5) is 0 Å². The predicted molar refractivity (Wildman–Crippen MR) is 65.4 cm³/mol. The maximum atomic E-state index is 10.7. The van der Waals surface area contributed by atoms with Crippen LogP contribution in [0.3, 0.4) is 0 Å². The molecule has 0 aromatic carbocycles. The molecule has 0 rings (SSSR count). The topological polar surface area (TPSA) is 51.2 Å². The molecule has 0 spiro atoms. The van der Waals surface area contributed by atoms with Gasteiger partial charge in [0, 0.05) is 12.8 Å². The molecule has 0 aliphatic carbocycles. The van der Waals surface area contributed by atoms with Crippen LogP contribution in [0.25, 0.3) is 0 Å². The first-order chi connectivity index (χ1) is 7.43.